The lowest BCUT2D eigenvalue weighted by atomic mass is 9.51. The summed E-state index contributed by atoms with van der Waals surface area (Å²) in [6.45, 7) is 7.17. The maximum atomic E-state index is 13.6. The summed E-state index contributed by atoms with van der Waals surface area (Å²) in [5.41, 5.74) is -1.78. The Hall–Kier alpha value is -1.82. The molecule has 0 radical (unpaired) electrons. The Morgan fingerprint density at radius 1 is 1.13 bits per heavy atom. The summed E-state index contributed by atoms with van der Waals surface area (Å²) >= 11 is 0. The second-order valence-electron chi connectivity index (χ2n) is 12.5. The number of ether oxygens (including phenoxy) is 7. The quantitative estimate of drug-likeness (QED) is 0.313. The largest absolute Gasteiger partial charge is 0.463 e. The fourth-order valence-electron chi connectivity index (χ4n) is 8.50. The third kappa shape index (κ3) is 3.36. The molecule has 10 atom stereocenters. The third-order valence-corrected chi connectivity index (χ3v) is 10.9. The Balaban J connectivity index is 1.28. The van der Waals surface area contributed by atoms with Crippen LogP contribution in [0.4, 0.5) is 0 Å². The molecule has 3 spiro atoms. The van der Waals surface area contributed by atoms with Gasteiger partial charge in [0.05, 0.1) is 30.8 Å². The van der Waals surface area contributed by atoms with Gasteiger partial charge in [-0.25, -0.2) is 9.59 Å². The number of carbonyl (C=O) groups excluding carboxylic acids is 2. The van der Waals surface area contributed by atoms with Crippen molar-refractivity contribution in [2.24, 2.45) is 10.8 Å². The van der Waals surface area contributed by atoms with Crippen molar-refractivity contribution in [3.8, 4) is 0 Å². The van der Waals surface area contributed by atoms with Crippen LogP contribution in [-0.4, -0.2) is 91.0 Å². The van der Waals surface area contributed by atoms with Crippen molar-refractivity contribution < 1.29 is 47.9 Å². The van der Waals surface area contributed by atoms with E-state index < -0.39 is 58.1 Å². The van der Waals surface area contributed by atoms with Crippen LogP contribution in [0.1, 0.15) is 59.3 Å². The van der Waals surface area contributed by atoms with Crippen molar-refractivity contribution in [2.75, 3.05) is 26.4 Å². The minimum atomic E-state index is -1.35. The van der Waals surface area contributed by atoms with E-state index in [1.54, 1.807) is 6.08 Å². The van der Waals surface area contributed by atoms with Gasteiger partial charge in [0.2, 0.25) is 0 Å². The van der Waals surface area contributed by atoms with Crippen molar-refractivity contribution in [3.63, 3.8) is 0 Å². The average Bonchev–Trinajstić information content (AvgIpc) is 3.82. The van der Waals surface area contributed by atoms with Gasteiger partial charge in [0.1, 0.15) is 30.0 Å². The van der Waals surface area contributed by atoms with E-state index in [1.807, 2.05) is 6.92 Å². The Kier molecular flexibility index (Phi) is 5.75. The van der Waals surface area contributed by atoms with E-state index in [1.165, 1.54) is 11.6 Å². The molecule has 1 saturated carbocycles. The first-order chi connectivity index (χ1) is 18.7. The highest BCUT2D eigenvalue weighted by Gasteiger charge is 2.83. The van der Waals surface area contributed by atoms with Crippen LogP contribution in [0.3, 0.4) is 0 Å². The second kappa shape index (κ2) is 8.59. The number of allylic oxidation sites excluding steroid dienone is 2. The molecule has 5 fully saturated rings. The van der Waals surface area contributed by atoms with Crippen LogP contribution in [0.25, 0.3) is 0 Å². The highest BCUT2D eigenvalue weighted by Crippen LogP contribution is 2.72. The van der Waals surface area contributed by atoms with Gasteiger partial charge in [-0.05, 0) is 33.1 Å². The van der Waals surface area contributed by atoms with Gasteiger partial charge in [-0.3, -0.25) is 0 Å². The van der Waals surface area contributed by atoms with Crippen molar-refractivity contribution >= 4 is 11.9 Å². The van der Waals surface area contributed by atoms with E-state index in [-0.39, 0.29) is 31.8 Å². The highest BCUT2D eigenvalue weighted by molar-refractivity contribution is 5.82. The van der Waals surface area contributed by atoms with E-state index >= 15 is 0 Å². The molecule has 1 N–H and O–H groups in total. The van der Waals surface area contributed by atoms with Crippen LogP contribution in [-0.2, 0) is 42.7 Å². The van der Waals surface area contributed by atoms with Crippen LogP contribution in [0.5, 0.6) is 0 Å². The summed E-state index contributed by atoms with van der Waals surface area (Å²) < 4.78 is 42.9. The number of rotatable bonds is 2. The molecule has 10 nitrogen and oxygen atoms in total. The van der Waals surface area contributed by atoms with Crippen LogP contribution in [0.2, 0.25) is 0 Å². The Morgan fingerprint density at radius 2 is 1.95 bits per heavy atom. The minimum Gasteiger partial charge on any atom is -0.463 e. The standard InChI is InChI=1S/C29H38O10/c1-4-34-29-9-6-5-7-21(30)38-18-14-20-28(16-36-28)25(18,3)26(10-8-17(2)13-19(26)37-20)15-33-23(31)22-27(39-22,24(29)32)11-12-35-29/h5,7,13,18-20,22,24,32H,4,6,8-12,14-16H2,1-3H3/b7-5-/t18-,19-,20-,22-,24-,25-,26-,27+,28+,29+/m1/s1. The van der Waals surface area contributed by atoms with E-state index in [2.05, 4.69) is 19.9 Å². The van der Waals surface area contributed by atoms with Crippen LogP contribution >= 0.6 is 0 Å². The Labute approximate surface area is 227 Å². The second-order valence-corrected chi connectivity index (χ2v) is 12.5. The van der Waals surface area contributed by atoms with E-state index in [0.717, 1.165) is 6.42 Å². The summed E-state index contributed by atoms with van der Waals surface area (Å²) in [6.07, 6.45) is 5.26. The van der Waals surface area contributed by atoms with E-state index in [9.17, 15) is 14.7 Å². The predicted octanol–water partition coefficient (Wildman–Crippen LogP) is 2.12. The van der Waals surface area contributed by atoms with Gasteiger partial charge in [0.15, 0.2) is 11.9 Å². The summed E-state index contributed by atoms with van der Waals surface area (Å²) in [5, 5.41) is 11.5. The average molecular weight is 547 g/mol. The smallest absolute Gasteiger partial charge is 0.338 e. The molecule has 214 valence electrons. The highest BCUT2D eigenvalue weighted by atomic mass is 16.7. The number of cyclic esters (lactones) is 1. The molecule has 10 heteroatoms. The molecule has 7 rings (SSSR count). The zero-order valence-corrected chi connectivity index (χ0v) is 22.8. The van der Waals surface area contributed by atoms with Crippen LogP contribution in [0.15, 0.2) is 23.8 Å². The van der Waals surface area contributed by atoms with E-state index in [4.69, 9.17) is 33.2 Å². The molecule has 0 amide bonds. The number of hydrogen-bond donors (Lipinski definition) is 1. The molecule has 0 aromatic rings. The molecule has 7 aliphatic rings. The Morgan fingerprint density at radius 3 is 2.72 bits per heavy atom. The molecule has 0 unspecified atom stereocenters. The van der Waals surface area contributed by atoms with Gasteiger partial charge in [0, 0.05) is 37.4 Å². The monoisotopic (exact) mass is 546 g/mol. The van der Waals surface area contributed by atoms with Gasteiger partial charge in [0.25, 0.3) is 0 Å². The summed E-state index contributed by atoms with van der Waals surface area (Å²) in [5.74, 6) is -2.31. The lowest BCUT2D eigenvalue weighted by Gasteiger charge is -2.58. The fourth-order valence-corrected chi connectivity index (χ4v) is 8.50. The normalized spacial score (nSPS) is 53.1. The molecule has 0 aromatic heterocycles. The molecular weight excluding hydrogens is 508 g/mol. The Bertz CT molecular complexity index is 1130. The number of aliphatic hydroxyl groups excluding tert-OH is 1. The molecule has 0 aromatic carbocycles. The topological polar surface area (TPSA) is 126 Å². The fraction of sp³-hybridized carbons (Fsp3) is 0.793. The molecular formula is C29H38O10. The summed E-state index contributed by atoms with van der Waals surface area (Å²) in [4.78, 5) is 26.7. The first kappa shape index (κ1) is 26.1. The van der Waals surface area contributed by atoms with Crippen LogP contribution < -0.4 is 0 Å². The van der Waals surface area contributed by atoms with Gasteiger partial charge in [-0.15, -0.1) is 0 Å². The third-order valence-electron chi connectivity index (χ3n) is 10.9. The predicted molar refractivity (Wildman–Crippen MR) is 133 cm³/mol. The summed E-state index contributed by atoms with van der Waals surface area (Å²) in [7, 11) is 0. The van der Waals surface area contributed by atoms with Crippen molar-refractivity contribution in [1.82, 2.24) is 0 Å². The van der Waals surface area contributed by atoms with Crippen LogP contribution in [0, 0.1) is 10.8 Å². The van der Waals surface area contributed by atoms with Gasteiger partial charge in [-0.2, -0.15) is 0 Å². The SMILES string of the molecule is CCO[C@@]12CC/C=C\C(=O)O[C@@H]3C[C@H]4O[C@@H]5C=C(C)CC[C@]5(COC(=O)[C@H]5O[C@]5(CCO1)[C@H]2O)[C@]3(C)[C@]41CO1. The van der Waals surface area contributed by atoms with Gasteiger partial charge in [-0.1, -0.05) is 24.6 Å². The zero-order valence-electron chi connectivity index (χ0n) is 22.8. The number of epoxide rings is 2. The van der Waals surface area contributed by atoms with Crippen molar-refractivity contribution in [3.05, 3.63) is 23.8 Å². The molecule has 4 saturated heterocycles. The van der Waals surface area contributed by atoms with Crippen molar-refractivity contribution in [1.29, 1.82) is 0 Å². The van der Waals surface area contributed by atoms with E-state index in [0.29, 0.717) is 38.9 Å². The maximum Gasteiger partial charge on any atom is 0.338 e. The van der Waals surface area contributed by atoms with Crippen molar-refractivity contribution in [2.45, 2.75) is 107 Å². The lowest BCUT2D eigenvalue weighted by Crippen LogP contribution is -2.67. The molecule has 2 aliphatic carbocycles. The number of esters is 2. The summed E-state index contributed by atoms with van der Waals surface area (Å²) in [6, 6.07) is 0. The van der Waals surface area contributed by atoms with Gasteiger partial charge >= 0.3 is 11.9 Å². The number of carbonyl (C=O) groups is 2. The molecule has 39 heavy (non-hydrogen) atoms. The molecule has 5 aliphatic heterocycles. The molecule has 4 bridgehead atoms. The number of aliphatic hydroxyl groups is 1. The number of fused-ring (bicyclic) bond motifs is 1. The first-order valence-electron chi connectivity index (χ1n) is 14.3. The zero-order chi connectivity index (χ0) is 27.3. The minimum absolute atomic E-state index is 0.0671. The molecule has 5 heterocycles. The number of hydrogen-bond acceptors (Lipinski definition) is 10. The van der Waals surface area contributed by atoms with Gasteiger partial charge < -0.3 is 38.3 Å². The first-order valence-corrected chi connectivity index (χ1v) is 14.3. The maximum absolute atomic E-state index is 13.6. The lowest BCUT2D eigenvalue weighted by molar-refractivity contribution is -0.316.